The van der Waals surface area contributed by atoms with Crippen molar-refractivity contribution in [1.29, 1.82) is 0 Å². The van der Waals surface area contributed by atoms with Gasteiger partial charge in [-0.2, -0.15) is 0 Å². The van der Waals surface area contributed by atoms with E-state index >= 15 is 0 Å². The minimum atomic E-state index is -3.54. The van der Waals surface area contributed by atoms with Gasteiger partial charge in [0.05, 0.1) is 12.7 Å². The number of hydrogen-bond acceptors (Lipinski definition) is 5. The number of nitrogens with one attached hydrogen (secondary N) is 1. The van der Waals surface area contributed by atoms with E-state index in [1.807, 2.05) is 0 Å². The number of sulfone groups is 1. The van der Waals surface area contributed by atoms with Crippen LogP contribution in [0.15, 0.2) is 18.2 Å². The summed E-state index contributed by atoms with van der Waals surface area (Å²) < 4.78 is 40.3. The average molecular weight is 303 g/mol. The molecule has 0 saturated heterocycles. The predicted molar refractivity (Wildman–Crippen MR) is 70.7 cm³/mol. The summed E-state index contributed by atoms with van der Waals surface area (Å²) in [6.45, 7) is 1.23. The second kappa shape index (κ2) is 6.00. The summed E-state index contributed by atoms with van der Waals surface area (Å²) in [5.41, 5.74) is -0.246. The number of rotatable bonds is 4. The molecule has 0 radical (unpaired) electrons. The van der Waals surface area contributed by atoms with Gasteiger partial charge in [-0.25, -0.2) is 17.6 Å². The molecule has 1 atom stereocenters. The minimum absolute atomic E-state index is 0.104. The van der Waals surface area contributed by atoms with Crippen molar-refractivity contribution in [3.8, 4) is 0 Å². The molecule has 6 nitrogen and oxygen atoms in total. The van der Waals surface area contributed by atoms with Gasteiger partial charge in [0, 0.05) is 11.9 Å². The Bertz CT molecular complexity index is 641. The van der Waals surface area contributed by atoms with Crippen molar-refractivity contribution in [2.75, 3.05) is 18.7 Å². The highest BCUT2D eigenvalue weighted by molar-refractivity contribution is 7.92. The normalized spacial score (nSPS) is 12.6. The molecule has 1 amide bonds. The summed E-state index contributed by atoms with van der Waals surface area (Å²) in [7, 11) is -2.44. The van der Waals surface area contributed by atoms with Crippen molar-refractivity contribution in [3.63, 3.8) is 0 Å². The van der Waals surface area contributed by atoms with Gasteiger partial charge in [-0.05, 0) is 25.1 Å². The molecule has 1 aromatic rings. The van der Waals surface area contributed by atoms with Crippen molar-refractivity contribution >= 4 is 27.4 Å². The van der Waals surface area contributed by atoms with Crippen LogP contribution in [0.25, 0.3) is 0 Å². The molecule has 0 fully saturated rings. The summed E-state index contributed by atoms with van der Waals surface area (Å²) in [5, 5.41) is 1.05. The van der Waals surface area contributed by atoms with Crippen molar-refractivity contribution in [1.82, 2.24) is 0 Å². The number of amides is 1. The molecule has 0 aliphatic rings. The van der Waals surface area contributed by atoms with E-state index in [2.05, 4.69) is 10.1 Å². The molecule has 0 heterocycles. The first-order valence-corrected chi connectivity index (χ1v) is 7.50. The Balaban J connectivity index is 3.00. The van der Waals surface area contributed by atoms with Crippen LogP contribution < -0.4 is 5.32 Å². The standard InChI is InChI=1S/C12H14FNO5S/c1-7(20(3,17)18)11(15)14-8-4-5-10(13)9(6-8)12(16)19-2/h4-7H,1-3H3,(H,14,15)/t7-/m1/s1. The monoisotopic (exact) mass is 303 g/mol. The molecular weight excluding hydrogens is 289 g/mol. The Hall–Kier alpha value is -1.96. The lowest BCUT2D eigenvalue weighted by Gasteiger charge is -2.11. The average Bonchev–Trinajstić information content (AvgIpc) is 2.38. The first kappa shape index (κ1) is 16.1. The number of benzene rings is 1. The van der Waals surface area contributed by atoms with Crippen LogP contribution in [-0.4, -0.2) is 38.9 Å². The molecule has 0 aliphatic carbocycles. The lowest BCUT2D eigenvalue weighted by Crippen LogP contribution is -2.31. The number of halogens is 1. The quantitative estimate of drug-likeness (QED) is 0.838. The van der Waals surface area contributed by atoms with E-state index in [-0.39, 0.29) is 11.3 Å². The number of esters is 1. The highest BCUT2D eigenvalue weighted by Crippen LogP contribution is 2.16. The van der Waals surface area contributed by atoms with Crippen molar-refractivity contribution in [3.05, 3.63) is 29.6 Å². The van der Waals surface area contributed by atoms with Crippen LogP contribution in [0.4, 0.5) is 10.1 Å². The molecule has 1 N–H and O–H groups in total. The van der Waals surface area contributed by atoms with E-state index in [0.29, 0.717) is 0 Å². The molecule has 0 aliphatic heterocycles. The number of anilines is 1. The van der Waals surface area contributed by atoms with Crippen LogP contribution in [-0.2, 0) is 19.4 Å². The van der Waals surface area contributed by atoms with Gasteiger partial charge in [0.2, 0.25) is 5.91 Å². The van der Waals surface area contributed by atoms with Crippen molar-refractivity contribution in [2.45, 2.75) is 12.2 Å². The summed E-state index contributed by atoms with van der Waals surface area (Å²) in [6, 6.07) is 3.27. The molecule has 1 rings (SSSR count). The highest BCUT2D eigenvalue weighted by atomic mass is 32.2. The maximum Gasteiger partial charge on any atom is 0.340 e. The molecule has 0 aromatic heterocycles. The van der Waals surface area contributed by atoms with E-state index < -0.39 is 32.8 Å². The van der Waals surface area contributed by atoms with Gasteiger partial charge >= 0.3 is 5.97 Å². The zero-order chi connectivity index (χ0) is 15.5. The van der Waals surface area contributed by atoms with Crippen LogP contribution in [0.1, 0.15) is 17.3 Å². The van der Waals surface area contributed by atoms with Gasteiger partial charge in [0.15, 0.2) is 9.84 Å². The molecule has 0 unspecified atom stereocenters. The fourth-order valence-corrected chi connectivity index (χ4v) is 1.76. The fourth-order valence-electron chi connectivity index (χ4n) is 1.31. The first-order valence-electron chi connectivity index (χ1n) is 5.54. The highest BCUT2D eigenvalue weighted by Gasteiger charge is 2.24. The molecular formula is C12H14FNO5S. The van der Waals surface area contributed by atoms with E-state index in [9.17, 15) is 22.4 Å². The van der Waals surface area contributed by atoms with Crippen LogP contribution >= 0.6 is 0 Å². The SMILES string of the molecule is COC(=O)c1cc(NC(=O)[C@@H](C)S(C)(=O)=O)ccc1F. The Morgan fingerprint density at radius 1 is 1.35 bits per heavy atom. The minimum Gasteiger partial charge on any atom is -0.465 e. The zero-order valence-electron chi connectivity index (χ0n) is 11.1. The maximum absolute atomic E-state index is 13.4. The Labute approximate surface area is 115 Å². The lowest BCUT2D eigenvalue weighted by atomic mass is 10.2. The van der Waals surface area contributed by atoms with E-state index in [4.69, 9.17) is 0 Å². The summed E-state index contributed by atoms with van der Waals surface area (Å²) >= 11 is 0. The van der Waals surface area contributed by atoms with E-state index in [0.717, 1.165) is 25.5 Å². The summed E-state index contributed by atoms with van der Waals surface area (Å²) in [6.07, 6.45) is 0.932. The Morgan fingerprint density at radius 3 is 2.45 bits per heavy atom. The zero-order valence-corrected chi connectivity index (χ0v) is 12.0. The van der Waals surface area contributed by atoms with Crippen molar-refractivity contribution in [2.24, 2.45) is 0 Å². The third-order valence-corrected chi connectivity index (χ3v) is 4.15. The molecule has 8 heteroatoms. The molecule has 20 heavy (non-hydrogen) atoms. The van der Waals surface area contributed by atoms with Gasteiger partial charge in [-0.1, -0.05) is 0 Å². The van der Waals surface area contributed by atoms with Crippen molar-refractivity contribution < 1.29 is 27.1 Å². The third kappa shape index (κ3) is 3.77. The second-order valence-corrected chi connectivity index (χ2v) is 6.51. The topological polar surface area (TPSA) is 89.5 Å². The summed E-state index contributed by atoms with van der Waals surface area (Å²) in [5.74, 6) is -2.46. The molecule has 110 valence electrons. The van der Waals surface area contributed by atoms with E-state index in [1.54, 1.807) is 0 Å². The predicted octanol–water partition coefficient (Wildman–Crippen LogP) is 0.984. The summed E-state index contributed by atoms with van der Waals surface area (Å²) in [4.78, 5) is 23.0. The maximum atomic E-state index is 13.4. The van der Waals surface area contributed by atoms with Crippen LogP contribution in [0.5, 0.6) is 0 Å². The van der Waals surface area contributed by atoms with Gasteiger partial charge in [0.1, 0.15) is 11.1 Å². The van der Waals surface area contributed by atoms with Crippen LogP contribution in [0, 0.1) is 5.82 Å². The second-order valence-electron chi connectivity index (χ2n) is 4.15. The number of methoxy groups -OCH3 is 1. The molecule has 0 spiro atoms. The number of carbonyl (C=O) groups is 2. The van der Waals surface area contributed by atoms with Gasteiger partial charge in [-0.15, -0.1) is 0 Å². The van der Waals surface area contributed by atoms with Gasteiger partial charge < -0.3 is 10.1 Å². The van der Waals surface area contributed by atoms with Gasteiger partial charge in [-0.3, -0.25) is 4.79 Å². The number of ether oxygens (including phenoxy) is 1. The Morgan fingerprint density at radius 2 is 1.95 bits per heavy atom. The third-order valence-electron chi connectivity index (χ3n) is 2.65. The largest absolute Gasteiger partial charge is 0.465 e. The molecule has 1 aromatic carbocycles. The van der Waals surface area contributed by atoms with Gasteiger partial charge in [0.25, 0.3) is 0 Å². The Kier molecular flexibility index (Phi) is 4.83. The van der Waals surface area contributed by atoms with E-state index in [1.165, 1.54) is 13.0 Å². The first-order chi connectivity index (χ1) is 9.16. The molecule has 0 saturated carbocycles. The van der Waals surface area contributed by atoms with Crippen LogP contribution in [0.3, 0.4) is 0 Å². The molecule has 0 bridgehead atoms. The smallest absolute Gasteiger partial charge is 0.340 e. The number of carbonyl (C=O) groups excluding carboxylic acids is 2. The van der Waals surface area contributed by atoms with Crippen LogP contribution in [0.2, 0.25) is 0 Å². The fraction of sp³-hybridized carbons (Fsp3) is 0.333. The lowest BCUT2D eigenvalue weighted by molar-refractivity contribution is -0.115. The number of hydrogen-bond donors (Lipinski definition) is 1.